The molecule has 0 aliphatic heterocycles. The zero-order chi connectivity index (χ0) is 13.8. The van der Waals surface area contributed by atoms with Crippen molar-refractivity contribution in [1.82, 2.24) is 0 Å². The Kier molecular flexibility index (Phi) is 4.66. The predicted octanol–water partition coefficient (Wildman–Crippen LogP) is 2.46. The third kappa shape index (κ3) is 3.85. The van der Waals surface area contributed by atoms with Crippen molar-refractivity contribution in [1.29, 1.82) is 0 Å². The van der Waals surface area contributed by atoms with E-state index in [0.717, 1.165) is 22.9 Å². The molecule has 19 heavy (non-hydrogen) atoms. The first-order chi connectivity index (χ1) is 9.11. The Morgan fingerprint density at radius 1 is 1.26 bits per heavy atom. The highest BCUT2D eigenvalue weighted by Crippen LogP contribution is 2.32. The lowest BCUT2D eigenvalue weighted by Crippen LogP contribution is -2.17. The van der Waals surface area contributed by atoms with Crippen LogP contribution in [0.4, 0.5) is 0 Å². The van der Waals surface area contributed by atoms with E-state index in [9.17, 15) is 9.59 Å². The van der Waals surface area contributed by atoms with Crippen LogP contribution >= 0.6 is 15.9 Å². The van der Waals surface area contributed by atoms with Gasteiger partial charge in [-0.05, 0) is 37.0 Å². The molecule has 4 heteroatoms. The van der Waals surface area contributed by atoms with Gasteiger partial charge in [0.05, 0.1) is 5.57 Å². The predicted molar refractivity (Wildman–Crippen MR) is 75.8 cm³/mol. The first-order valence-electron chi connectivity index (χ1n) is 6.24. The number of allylic oxidation sites excluding steroid dienone is 1. The van der Waals surface area contributed by atoms with Crippen molar-refractivity contribution in [3.63, 3.8) is 0 Å². The summed E-state index contributed by atoms with van der Waals surface area (Å²) < 4.78 is 0.987. The number of hydrogen-bond acceptors (Lipinski definition) is 3. The molecular weight excluding hydrogens is 308 g/mol. The molecular formula is C15H15BrO3. The highest BCUT2D eigenvalue weighted by atomic mass is 79.9. The van der Waals surface area contributed by atoms with Crippen molar-refractivity contribution >= 4 is 27.5 Å². The first-order valence-corrected chi connectivity index (χ1v) is 7.04. The van der Waals surface area contributed by atoms with E-state index in [1.54, 1.807) is 6.08 Å². The average molecular weight is 323 g/mol. The number of hydrogen-bond donors (Lipinski definition) is 1. The van der Waals surface area contributed by atoms with Crippen molar-refractivity contribution < 1.29 is 14.7 Å². The smallest absolute Gasteiger partial charge is 0.191 e. The van der Waals surface area contributed by atoms with Gasteiger partial charge in [-0.2, -0.15) is 0 Å². The summed E-state index contributed by atoms with van der Waals surface area (Å²) in [5.74, 6) is -0.600. The topological polar surface area (TPSA) is 54.4 Å². The maximum absolute atomic E-state index is 12.0. The summed E-state index contributed by atoms with van der Waals surface area (Å²) in [6, 6.07) is 7.70. The summed E-state index contributed by atoms with van der Waals surface area (Å²) in [6.45, 7) is -0.607. The van der Waals surface area contributed by atoms with Gasteiger partial charge in [-0.15, -0.1) is 0 Å². The third-order valence-electron chi connectivity index (χ3n) is 3.11. The molecule has 0 bridgehead atoms. The van der Waals surface area contributed by atoms with Gasteiger partial charge in [-0.25, -0.2) is 0 Å². The minimum atomic E-state index is -0.607. The molecule has 0 aromatic heterocycles. The van der Waals surface area contributed by atoms with Crippen LogP contribution in [0.15, 0.2) is 40.4 Å². The standard InChI is InChI=1S/C15H15BrO3/c16-12-6-1-10(2-7-12)3-8-13(14(18)9-17)15(19)11-4-5-11/h1-2,6-8,11,17H,3-5,9H2/b13-8+. The number of carbonyl (C=O) groups is 2. The van der Waals surface area contributed by atoms with Gasteiger partial charge in [-0.1, -0.05) is 34.1 Å². The van der Waals surface area contributed by atoms with E-state index in [-0.39, 0.29) is 17.3 Å². The molecule has 1 N–H and O–H groups in total. The fourth-order valence-corrected chi connectivity index (χ4v) is 2.11. The summed E-state index contributed by atoms with van der Waals surface area (Å²) in [6.07, 6.45) is 3.87. The van der Waals surface area contributed by atoms with Gasteiger partial charge >= 0.3 is 0 Å². The third-order valence-corrected chi connectivity index (χ3v) is 3.64. The molecule has 0 spiro atoms. The largest absolute Gasteiger partial charge is 0.388 e. The molecule has 0 radical (unpaired) electrons. The number of Topliss-reactive ketones (excluding diaryl/α,β-unsaturated/α-hetero) is 2. The van der Waals surface area contributed by atoms with Gasteiger partial charge in [0.15, 0.2) is 11.6 Å². The maximum Gasteiger partial charge on any atom is 0.191 e. The number of aliphatic hydroxyl groups is 1. The zero-order valence-corrected chi connectivity index (χ0v) is 12.0. The summed E-state index contributed by atoms with van der Waals surface area (Å²) in [7, 11) is 0. The molecule has 1 aliphatic carbocycles. The molecule has 1 aliphatic rings. The minimum Gasteiger partial charge on any atom is -0.388 e. The molecule has 0 unspecified atom stereocenters. The molecule has 0 heterocycles. The SMILES string of the molecule is O=C(CO)/C(=C\Cc1ccc(Br)cc1)C(=O)C1CC1. The van der Waals surface area contributed by atoms with Crippen LogP contribution in [0.2, 0.25) is 0 Å². The number of ketones is 2. The van der Waals surface area contributed by atoms with Crippen LogP contribution in [-0.2, 0) is 16.0 Å². The summed E-state index contributed by atoms with van der Waals surface area (Å²) in [4.78, 5) is 23.6. The van der Waals surface area contributed by atoms with Gasteiger partial charge in [0.2, 0.25) is 0 Å². The van der Waals surface area contributed by atoms with Crippen LogP contribution in [0.3, 0.4) is 0 Å². The van der Waals surface area contributed by atoms with E-state index < -0.39 is 12.4 Å². The lowest BCUT2D eigenvalue weighted by molar-refractivity contribution is -0.123. The van der Waals surface area contributed by atoms with Crippen LogP contribution < -0.4 is 0 Å². The van der Waals surface area contributed by atoms with Crippen LogP contribution in [0, 0.1) is 5.92 Å². The van der Waals surface area contributed by atoms with Gasteiger partial charge in [-0.3, -0.25) is 9.59 Å². The molecule has 1 fully saturated rings. The van der Waals surface area contributed by atoms with E-state index >= 15 is 0 Å². The van der Waals surface area contributed by atoms with E-state index in [1.165, 1.54) is 0 Å². The normalized spacial score (nSPS) is 15.4. The first kappa shape index (κ1) is 14.2. The van der Waals surface area contributed by atoms with Crippen LogP contribution in [0.1, 0.15) is 18.4 Å². The summed E-state index contributed by atoms with van der Waals surface area (Å²) in [5.41, 5.74) is 1.18. The second-order valence-corrected chi connectivity index (χ2v) is 5.58. The lowest BCUT2D eigenvalue weighted by Gasteiger charge is -2.04. The van der Waals surface area contributed by atoms with Crippen LogP contribution in [0.25, 0.3) is 0 Å². The monoisotopic (exact) mass is 322 g/mol. The second kappa shape index (κ2) is 6.26. The van der Waals surface area contributed by atoms with E-state index in [0.29, 0.717) is 6.42 Å². The van der Waals surface area contributed by atoms with Gasteiger partial charge in [0.1, 0.15) is 6.61 Å². The summed E-state index contributed by atoms with van der Waals surface area (Å²) >= 11 is 3.35. The quantitative estimate of drug-likeness (QED) is 0.497. The van der Waals surface area contributed by atoms with E-state index in [4.69, 9.17) is 5.11 Å². The van der Waals surface area contributed by atoms with Gasteiger partial charge in [0, 0.05) is 10.4 Å². The average Bonchev–Trinajstić information content (AvgIpc) is 3.24. The number of carbonyl (C=O) groups excluding carboxylic acids is 2. The van der Waals surface area contributed by atoms with E-state index in [2.05, 4.69) is 15.9 Å². The molecule has 1 aromatic carbocycles. The Balaban J connectivity index is 2.13. The Labute approximate surface area is 120 Å². The number of halogens is 1. The Hall–Kier alpha value is -1.26. The van der Waals surface area contributed by atoms with Crippen molar-refractivity contribution in [3.8, 4) is 0 Å². The molecule has 100 valence electrons. The highest BCUT2D eigenvalue weighted by Gasteiger charge is 2.33. The Morgan fingerprint density at radius 3 is 2.42 bits per heavy atom. The Bertz CT molecular complexity index is 513. The molecule has 1 aromatic rings. The van der Waals surface area contributed by atoms with Crippen molar-refractivity contribution in [2.45, 2.75) is 19.3 Å². The number of aliphatic hydroxyl groups excluding tert-OH is 1. The molecule has 3 nitrogen and oxygen atoms in total. The molecule has 0 saturated heterocycles. The second-order valence-electron chi connectivity index (χ2n) is 4.67. The highest BCUT2D eigenvalue weighted by molar-refractivity contribution is 9.10. The van der Waals surface area contributed by atoms with Gasteiger partial charge in [0.25, 0.3) is 0 Å². The molecule has 2 rings (SSSR count). The zero-order valence-electron chi connectivity index (χ0n) is 10.4. The van der Waals surface area contributed by atoms with Crippen molar-refractivity contribution in [3.05, 3.63) is 46.0 Å². The van der Waals surface area contributed by atoms with Crippen molar-refractivity contribution in [2.24, 2.45) is 5.92 Å². The van der Waals surface area contributed by atoms with Crippen LogP contribution in [0.5, 0.6) is 0 Å². The van der Waals surface area contributed by atoms with Crippen LogP contribution in [-0.4, -0.2) is 23.3 Å². The lowest BCUT2D eigenvalue weighted by atomic mass is 10.0. The molecule has 1 saturated carbocycles. The number of rotatable bonds is 6. The van der Waals surface area contributed by atoms with Crippen molar-refractivity contribution in [2.75, 3.05) is 6.61 Å². The fraction of sp³-hybridized carbons (Fsp3) is 0.333. The molecule has 0 atom stereocenters. The summed E-state index contributed by atoms with van der Waals surface area (Å²) in [5, 5.41) is 8.94. The van der Waals surface area contributed by atoms with Gasteiger partial charge < -0.3 is 5.11 Å². The minimum absolute atomic E-state index is 0.00771. The number of benzene rings is 1. The van der Waals surface area contributed by atoms with E-state index in [1.807, 2.05) is 24.3 Å². The molecule has 0 amide bonds. The fourth-order valence-electron chi connectivity index (χ4n) is 1.84. The maximum atomic E-state index is 12.0. The Morgan fingerprint density at radius 2 is 1.89 bits per heavy atom.